The molecule has 8 heteroatoms. The van der Waals surface area contributed by atoms with E-state index in [1.54, 1.807) is 30.2 Å². The molecule has 0 aliphatic carbocycles. The Hall–Kier alpha value is -3.23. The molecule has 3 heterocycles. The lowest BCUT2D eigenvalue weighted by Gasteiger charge is -2.26. The third-order valence-corrected chi connectivity index (χ3v) is 6.92. The second-order valence-electron chi connectivity index (χ2n) is 9.25. The topological polar surface area (TPSA) is 85.4 Å². The van der Waals surface area contributed by atoms with Crippen LogP contribution in [0.5, 0.6) is 5.75 Å². The van der Waals surface area contributed by atoms with Gasteiger partial charge in [0.05, 0.1) is 37.0 Å². The van der Waals surface area contributed by atoms with E-state index in [0.29, 0.717) is 43.2 Å². The number of carbonyl (C=O) groups is 3. The van der Waals surface area contributed by atoms with Crippen molar-refractivity contribution in [3.8, 4) is 5.75 Å². The van der Waals surface area contributed by atoms with Gasteiger partial charge in [-0.1, -0.05) is 18.2 Å². The van der Waals surface area contributed by atoms with Crippen LogP contribution in [0.1, 0.15) is 62.3 Å². The van der Waals surface area contributed by atoms with Crippen LogP contribution in [0.3, 0.4) is 0 Å². The molecule has 3 amide bonds. The molecule has 3 aliphatic rings. The van der Waals surface area contributed by atoms with E-state index in [1.807, 2.05) is 24.3 Å². The lowest BCUT2D eigenvalue weighted by atomic mass is 10.0. The molecule has 2 fully saturated rings. The summed E-state index contributed by atoms with van der Waals surface area (Å²) in [4.78, 5) is 42.6. The van der Waals surface area contributed by atoms with Gasteiger partial charge in [-0.15, -0.1) is 0 Å². The number of hydrogen-bond acceptors (Lipinski definition) is 6. The fraction of sp³-hybridized carbons (Fsp3) is 0.444. The van der Waals surface area contributed by atoms with Gasteiger partial charge < -0.3 is 19.1 Å². The minimum absolute atomic E-state index is 0.0341. The van der Waals surface area contributed by atoms with E-state index in [0.717, 1.165) is 31.2 Å². The van der Waals surface area contributed by atoms with E-state index in [2.05, 4.69) is 0 Å². The normalized spacial score (nSPS) is 21.5. The molecule has 2 aromatic rings. The van der Waals surface area contributed by atoms with Gasteiger partial charge in [-0.3, -0.25) is 19.3 Å². The van der Waals surface area contributed by atoms with Crippen LogP contribution in [0.4, 0.5) is 0 Å². The highest BCUT2D eigenvalue weighted by atomic mass is 16.5. The average Bonchev–Trinajstić information content (AvgIpc) is 3.63. The Labute approximate surface area is 204 Å². The van der Waals surface area contributed by atoms with Gasteiger partial charge in [0.25, 0.3) is 17.7 Å². The standard InChI is InChI=1S/C27H30N2O6/c1-33-24-9-3-2-6-19(24)15-28(16-20-7-4-12-34-20)25(30)18-10-11-22-23(14-18)27(32)29(26(22)31)17-21-8-5-13-35-21/h2-3,6,9-11,14,20-21H,4-5,7-8,12-13,15-17H2,1H3. The molecule has 2 atom stereocenters. The summed E-state index contributed by atoms with van der Waals surface area (Å²) in [5, 5.41) is 0. The molecule has 0 radical (unpaired) electrons. The highest BCUT2D eigenvalue weighted by Crippen LogP contribution is 2.28. The summed E-state index contributed by atoms with van der Waals surface area (Å²) in [5.41, 5.74) is 1.86. The Morgan fingerprint density at radius 1 is 1.00 bits per heavy atom. The maximum absolute atomic E-state index is 13.7. The lowest BCUT2D eigenvalue weighted by molar-refractivity contribution is 0.0475. The number of amides is 3. The van der Waals surface area contributed by atoms with Crippen LogP contribution in [0.2, 0.25) is 0 Å². The minimum atomic E-state index is -0.370. The van der Waals surface area contributed by atoms with Crippen LogP contribution in [0.25, 0.3) is 0 Å². The molecular formula is C27H30N2O6. The van der Waals surface area contributed by atoms with Gasteiger partial charge >= 0.3 is 0 Å². The monoisotopic (exact) mass is 478 g/mol. The Morgan fingerprint density at radius 3 is 2.43 bits per heavy atom. The predicted molar refractivity (Wildman–Crippen MR) is 127 cm³/mol. The van der Waals surface area contributed by atoms with Crippen LogP contribution in [-0.4, -0.2) is 73.1 Å². The largest absolute Gasteiger partial charge is 0.496 e. The van der Waals surface area contributed by atoms with Crippen LogP contribution < -0.4 is 4.74 Å². The molecule has 0 aromatic heterocycles. The molecule has 2 unspecified atom stereocenters. The minimum Gasteiger partial charge on any atom is -0.496 e. The molecular weight excluding hydrogens is 448 g/mol. The maximum atomic E-state index is 13.7. The fourth-order valence-electron chi connectivity index (χ4n) is 5.06. The second-order valence-corrected chi connectivity index (χ2v) is 9.25. The Kier molecular flexibility index (Phi) is 6.83. The first-order chi connectivity index (χ1) is 17.0. The van der Waals surface area contributed by atoms with Crippen molar-refractivity contribution in [2.75, 3.05) is 33.4 Å². The predicted octanol–water partition coefficient (Wildman–Crippen LogP) is 3.29. The summed E-state index contributed by atoms with van der Waals surface area (Å²) >= 11 is 0. The smallest absolute Gasteiger partial charge is 0.261 e. The summed E-state index contributed by atoms with van der Waals surface area (Å²) in [5.74, 6) is -0.209. The quantitative estimate of drug-likeness (QED) is 0.542. The number of para-hydroxylation sites is 1. The summed E-state index contributed by atoms with van der Waals surface area (Å²) in [6.07, 6.45) is 3.47. The molecule has 8 nitrogen and oxygen atoms in total. The molecule has 0 N–H and O–H groups in total. The third kappa shape index (κ3) is 4.81. The molecule has 184 valence electrons. The molecule has 0 saturated carbocycles. The fourth-order valence-corrected chi connectivity index (χ4v) is 5.06. The van der Waals surface area contributed by atoms with Gasteiger partial charge in [0.15, 0.2) is 0 Å². The van der Waals surface area contributed by atoms with E-state index in [1.165, 1.54) is 4.90 Å². The number of benzene rings is 2. The van der Waals surface area contributed by atoms with Crippen molar-refractivity contribution in [1.29, 1.82) is 0 Å². The van der Waals surface area contributed by atoms with Gasteiger partial charge in [-0.2, -0.15) is 0 Å². The van der Waals surface area contributed by atoms with Gasteiger partial charge in [-0.05, 0) is 49.9 Å². The highest BCUT2D eigenvalue weighted by Gasteiger charge is 2.38. The van der Waals surface area contributed by atoms with E-state index in [9.17, 15) is 14.4 Å². The van der Waals surface area contributed by atoms with Crippen molar-refractivity contribution in [3.05, 3.63) is 64.7 Å². The van der Waals surface area contributed by atoms with Crippen molar-refractivity contribution in [3.63, 3.8) is 0 Å². The molecule has 3 aliphatic heterocycles. The third-order valence-electron chi connectivity index (χ3n) is 6.92. The molecule has 5 rings (SSSR count). The Bertz CT molecular complexity index is 1120. The number of imide groups is 1. The van der Waals surface area contributed by atoms with E-state index < -0.39 is 0 Å². The first-order valence-corrected chi connectivity index (χ1v) is 12.2. The molecule has 35 heavy (non-hydrogen) atoms. The Morgan fingerprint density at radius 2 is 1.71 bits per heavy atom. The SMILES string of the molecule is COc1ccccc1CN(CC1CCCO1)C(=O)c1ccc2c(c1)C(=O)N(CC1CCCO1)C2=O. The number of hydrogen-bond donors (Lipinski definition) is 0. The number of ether oxygens (including phenoxy) is 3. The van der Waals surface area contributed by atoms with Crippen molar-refractivity contribution in [2.45, 2.75) is 44.4 Å². The van der Waals surface area contributed by atoms with Crippen LogP contribution in [-0.2, 0) is 16.0 Å². The zero-order chi connectivity index (χ0) is 24.4. The summed E-state index contributed by atoms with van der Waals surface area (Å²) in [7, 11) is 1.61. The average molecular weight is 479 g/mol. The summed E-state index contributed by atoms with van der Waals surface area (Å²) in [6.45, 7) is 2.37. The highest BCUT2D eigenvalue weighted by molar-refractivity contribution is 6.22. The lowest BCUT2D eigenvalue weighted by Crippen LogP contribution is -2.37. The summed E-state index contributed by atoms with van der Waals surface area (Å²) in [6, 6.07) is 12.4. The van der Waals surface area contributed by atoms with Gasteiger partial charge in [0, 0.05) is 37.4 Å². The number of rotatable bonds is 8. The van der Waals surface area contributed by atoms with E-state index >= 15 is 0 Å². The van der Waals surface area contributed by atoms with Crippen LogP contribution in [0, 0.1) is 0 Å². The van der Waals surface area contributed by atoms with E-state index in [-0.39, 0.29) is 42.0 Å². The van der Waals surface area contributed by atoms with Crippen molar-refractivity contribution < 1.29 is 28.6 Å². The van der Waals surface area contributed by atoms with E-state index in [4.69, 9.17) is 14.2 Å². The van der Waals surface area contributed by atoms with Gasteiger partial charge in [0.1, 0.15) is 5.75 Å². The first-order valence-electron chi connectivity index (χ1n) is 12.2. The molecule has 2 saturated heterocycles. The zero-order valence-corrected chi connectivity index (χ0v) is 19.9. The molecule has 0 bridgehead atoms. The van der Waals surface area contributed by atoms with Crippen molar-refractivity contribution in [1.82, 2.24) is 9.80 Å². The number of methoxy groups -OCH3 is 1. The first kappa shape index (κ1) is 23.5. The molecule has 0 spiro atoms. The van der Waals surface area contributed by atoms with Crippen LogP contribution >= 0.6 is 0 Å². The second kappa shape index (κ2) is 10.2. The van der Waals surface area contributed by atoms with Gasteiger partial charge in [0.2, 0.25) is 0 Å². The van der Waals surface area contributed by atoms with Crippen molar-refractivity contribution >= 4 is 17.7 Å². The van der Waals surface area contributed by atoms with Gasteiger partial charge in [-0.25, -0.2) is 0 Å². The maximum Gasteiger partial charge on any atom is 0.261 e. The summed E-state index contributed by atoms with van der Waals surface area (Å²) < 4.78 is 16.9. The zero-order valence-electron chi connectivity index (χ0n) is 19.9. The molecule has 2 aromatic carbocycles. The Balaban J connectivity index is 1.39. The van der Waals surface area contributed by atoms with Crippen LogP contribution in [0.15, 0.2) is 42.5 Å². The number of carbonyl (C=O) groups excluding carboxylic acids is 3. The van der Waals surface area contributed by atoms with Crippen molar-refractivity contribution in [2.24, 2.45) is 0 Å². The number of nitrogens with zero attached hydrogens (tertiary/aromatic N) is 2. The number of fused-ring (bicyclic) bond motifs is 1.